The fraction of sp³-hybridized carbons (Fsp3) is 0.667. The molecule has 0 amide bonds. The number of hydrogen-bond acceptors (Lipinski definition) is 1. The third-order valence-electron chi connectivity index (χ3n) is 4.54. The van der Waals surface area contributed by atoms with E-state index in [0.717, 1.165) is 18.8 Å². The average molecular weight is 260 g/mol. The molecule has 1 aromatic carbocycles. The van der Waals surface area contributed by atoms with Crippen LogP contribution in [0.4, 0.5) is 0 Å². The summed E-state index contributed by atoms with van der Waals surface area (Å²) >= 11 is 0. The van der Waals surface area contributed by atoms with E-state index in [1.165, 1.54) is 55.2 Å². The quantitative estimate of drug-likeness (QED) is 0.786. The van der Waals surface area contributed by atoms with Crippen LogP contribution in [-0.4, -0.2) is 11.2 Å². The van der Waals surface area contributed by atoms with Crippen LogP contribution in [0.25, 0.3) is 0 Å². The highest BCUT2D eigenvalue weighted by Crippen LogP contribution is 2.27. The first kappa shape index (κ1) is 14.6. The minimum atomic E-state index is -0.163. The Bertz CT molecular complexity index is 389. The molecule has 1 N–H and O–H groups in total. The molecule has 1 aliphatic rings. The van der Waals surface area contributed by atoms with Gasteiger partial charge < -0.3 is 5.11 Å². The molecule has 0 radical (unpaired) electrons. The molecule has 0 saturated heterocycles. The molecule has 19 heavy (non-hydrogen) atoms. The van der Waals surface area contributed by atoms with E-state index in [-0.39, 0.29) is 6.10 Å². The first-order valence-corrected chi connectivity index (χ1v) is 7.89. The molecule has 0 aromatic heterocycles. The molecule has 0 aliphatic heterocycles. The number of hydrogen-bond donors (Lipinski definition) is 1. The van der Waals surface area contributed by atoms with Crippen molar-refractivity contribution in [3.63, 3.8) is 0 Å². The van der Waals surface area contributed by atoms with Gasteiger partial charge in [0.15, 0.2) is 0 Å². The Hall–Kier alpha value is -0.820. The van der Waals surface area contributed by atoms with Crippen molar-refractivity contribution in [2.75, 3.05) is 0 Å². The van der Waals surface area contributed by atoms with Crippen molar-refractivity contribution >= 4 is 0 Å². The monoisotopic (exact) mass is 260 g/mol. The Morgan fingerprint density at radius 1 is 1.11 bits per heavy atom. The third-order valence-corrected chi connectivity index (χ3v) is 4.54. The molecule has 1 aliphatic carbocycles. The smallest absolute Gasteiger partial charge is 0.0583 e. The van der Waals surface area contributed by atoms with Crippen LogP contribution in [0.2, 0.25) is 0 Å². The predicted octanol–water partition coefficient (Wildman–Crippen LogP) is 4.57. The molecule has 1 heteroatoms. The Balaban J connectivity index is 1.89. The van der Waals surface area contributed by atoms with Crippen molar-refractivity contribution in [3.05, 3.63) is 34.9 Å². The molecular formula is C18H28O. The Morgan fingerprint density at radius 2 is 1.79 bits per heavy atom. The molecule has 1 atom stereocenters. The van der Waals surface area contributed by atoms with Crippen LogP contribution in [0, 0.1) is 19.8 Å². The standard InChI is InChI=1S/C18H28O/c1-14-9-10-15(2)17(11-14)13-18(19)12-16-7-5-3-4-6-8-16/h9-11,16,18-19H,3-8,12-13H2,1-2H3. The molecule has 0 spiro atoms. The van der Waals surface area contributed by atoms with Gasteiger partial charge in [-0.15, -0.1) is 0 Å². The molecule has 1 aromatic rings. The van der Waals surface area contributed by atoms with Crippen molar-refractivity contribution in [3.8, 4) is 0 Å². The summed E-state index contributed by atoms with van der Waals surface area (Å²) in [7, 11) is 0. The second kappa shape index (κ2) is 7.09. The van der Waals surface area contributed by atoms with E-state index in [4.69, 9.17) is 0 Å². The summed E-state index contributed by atoms with van der Waals surface area (Å²) in [4.78, 5) is 0. The molecule has 1 fully saturated rings. The topological polar surface area (TPSA) is 20.2 Å². The van der Waals surface area contributed by atoms with Gasteiger partial charge in [-0.1, -0.05) is 62.3 Å². The maximum atomic E-state index is 10.4. The largest absolute Gasteiger partial charge is 0.393 e. The van der Waals surface area contributed by atoms with Crippen molar-refractivity contribution in [1.29, 1.82) is 0 Å². The summed E-state index contributed by atoms with van der Waals surface area (Å²) in [6, 6.07) is 6.55. The van der Waals surface area contributed by atoms with Gasteiger partial charge in [-0.25, -0.2) is 0 Å². The van der Waals surface area contributed by atoms with Crippen molar-refractivity contribution < 1.29 is 5.11 Å². The van der Waals surface area contributed by atoms with Crippen LogP contribution >= 0.6 is 0 Å². The van der Waals surface area contributed by atoms with E-state index >= 15 is 0 Å². The third kappa shape index (κ3) is 4.65. The summed E-state index contributed by atoms with van der Waals surface area (Å²) in [5.74, 6) is 0.752. The minimum Gasteiger partial charge on any atom is -0.393 e. The molecule has 1 unspecified atom stereocenters. The average Bonchev–Trinajstić information content (AvgIpc) is 2.62. The van der Waals surface area contributed by atoms with Crippen LogP contribution in [0.1, 0.15) is 61.6 Å². The fourth-order valence-electron chi connectivity index (χ4n) is 3.34. The highest BCUT2D eigenvalue weighted by molar-refractivity contribution is 5.30. The summed E-state index contributed by atoms with van der Waals surface area (Å²) in [6.07, 6.45) is 9.81. The Morgan fingerprint density at radius 3 is 2.47 bits per heavy atom. The van der Waals surface area contributed by atoms with Gasteiger partial charge >= 0.3 is 0 Å². The second-order valence-electron chi connectivity index (χ2n) is 6.38. The zero-order valence-electron chi connectivity index (χ0n) is 12.5. The zero-order valence-corrected chi connectivity index (χ0v) is 12.5. The van der Waals surface area contributed by atoms with E-state index in [1.807, 2.05) is 0 Å². The van der Waals surface area contributed by atoms with Crippen LogP contribution in [0.15, 0.2) is 18.2 Å². The minimum absolute atomic E-state index is 0.163. The number of benzene rings is 1. The van der Waals surface area contributed by atoms with Gasteiger partial charge in [-0.3, -0.25) is 0 Å². The Labute approximate surface area is 118 Å². The fourth-order valence-corrected chi connectivity index (χ4v) is 3.34. The summed E-state index contributed by atoms with van der Waals surface area (Å²) in [5.41, 5.74) is 3.92. The summed E-state index contributed by atoms with van der Waals surface area (Å²) in [5, 5.41) is 10.4. The maximum absolute atomic E-state index is 10.4. The lowest BCUT2D eigenvalue weighted by Gasteiger charge is -2.19. The van der Waals surface area contributed by atoms with Crippen LogP contribution in [0.3, 0.4) is 0 Å². The van der Waals surface area contributed by atoms with Gasteiger partial charge in [0.25, 0.3) is 0 Å². The maximum Gasteiger partial charge on any atom is 0.0583 e. The normalized spacial score (nSPS) is 19.1. The number of aliphatic hydroxyl groups excluding tert-OH is 1. The first-order chi connectivity index (χ1) is 9.15. The van der Waals surface area contributed by atoms with E-state index in [9.17, 15) is 5.11 Å². The molecule has 1 nitrogen and oxygen atoms in total. The number of aryl methyl sites for hydroxylation is 2. The second-order valence-corrected chi connectivity index (χ2v) is 6.38. The van der Waals surface area contributed by atoms with Gasteiger partial charge in [0.1, 0.15) is 0 Å². The van der Waals surface area contributed by atoms with Crippen LogP contribution < -0.4 is 0 Å². The molecular weight excluding hydrogens is 232 g/mol. The lowest BCUT2D eigenvalue weighted by atomic mass is 9.90. The lowest BCUT2D eigenvalue weighted by molar-refractivity contribution is 0.137. The van der Waals surface area contributed by atoms with Gasteiger partial charge in [-0.05, 0) is 43.7 Å². The summed E-state index contributed by atoms with van der Waals surface area (Å²) in [6.45, 7) is 4.27. The van der Waals surface area contributed by atoms with Crippen LogP contribution in [0.5, 0.6) is 0 Å². The lowest BCUT2D eigenvalue weighted by Crippen LogP contribution is -2.16. The zero-order chi connectivity index (χ0) is 13.7. The van der Waals surface area contributed by atoms with Gasteiger partial charge in [-0.2, -0.15) is 0 Å². The Kier molecular flexibility index (Phi) is 5.45. The van der Waals surface area contributed by atoms with Gasteiger partial charge in [0.05, 0.1) is 6.10 Å². The van der Waals surface area contributed by atoms with Crippen molar-refractivity contribution in [2.24, 2.45) is 5.92 Å². The van der Waals surface area contributed by atoms with E-state index in [0.29, 0.717) is 0 Å². The molecule has 0 bridgehead atoms. The van der Waals surface area contributed by atoms with Gasteiger partial charge in [0.2, 0.25) is 0 Å². The van der Waals surface area contributed by atoms with E-state index in [2.05, 4.69) is 32.0 Å². The molecule has 2 rings (SSSR count). The van der Waals surface area contributed by atoms with Crippen molar-refractivity contribution in [1.82, 2.24) is 0 Å². The highest BCUT2D eigenvalue weighted by atomic mass is 16.3. The van der Waals surface area contributed by atoms with Crippen molar-refractivity contribution in [2.45, 2.75) is 71.3 Å². The molecule has 0 heterocycles. The van der Waals surface area contributed by atoms with E-state index in [1.54, 1.807) is 0 Å². The molecule has 1 saturated carbocycles. The van der Waals surface area contributed by atoms with Gasteiger partial charge in [0, 0.05) is 0 Å². The molecule has 106 valence electrons. The predicted molar refractivity (Wildman–Crippen MR) is 81.4 cm³/mol. The SMILES string of the molecule is Cc1ccc(C)c(CC(O)CC2CCCCCC2)c1. The summed E-state index contributed by atoms with van der Waals surface area (Å²) < 4.78 is 0. The highest BCUT2D eigenvalue weighted by Gasteiger charge is 2.17. The first-order valence-electron chi connectivity index (χ1n) is 7.89. The number of rotatable bonds is 4. The van der Waals surface area contributed by atoms with E-state index < -0.39 is 0 Å². The van der Waals surface area contributed by atoms with Crippen LogP contribution in [-0.2, 0) is 6.42 Å². The number of aliphatic hydroxyl groups is 1.